The number of thioether (sulfide) groups is 1. The van der Waals surface area contributed by atoms with Crippen molar-refractivity contribution in [3.05, 3.63) is 107 Å². The van der Waals surface area contributed by atoms with Crippen LogP contribution in [0.3, 0.4) is 0 Å². The van der Waals surface area contributed by atoms with E-state index in [1.807, 2.05) is 81.4 Å². The summed E-state index contributed by atoms with van der Waals surface area (Å²) in [6.07, 6.45) is 0. The molecule has 2 amide bonds. The first-order valence-electron chi connectivity index (χ1n) is 12.9. The summed E-state index contributed by atoms with van der Waals surface area (Å²) in [6.45, 7) is 6.20. The Morgan fingerprint density at radius 3 is 2.33 bits per heavy atom. The van der Waals surface area contributed by atoms with Crippen LogP contribution in [0.2, 0.25) is 0 Å². The lowest BCUT2D eigenvalue weighted by molar-refractivity contribution is -0.137. The van der Waals surface area contributed by atoms with Crippen molar-refractivity contribution in [3.8, 4) is 11.5 Å². The van der Waals surface area contributed by atoms with Crippen LogP contribution in [0.1, 0.15) is 34.1 Å². The monoisotopic (exact) mass is 554 g/mol. The summed E-state index contributed by atoms with van der Waals surface area (Å²) in [6, 6.07) is 23.5. The Morgan fingerprint density at radius 1 is 0.900 bits per heavy atom. The fourth-order valence-electron chi connectivity index (χ4n) is 4.47. The second-order valence-electron chi connectivity index (χ2n) is 9.60. The maximum absolute atomic E-state index is 14.0. The number of nitrogens with one attached hydrogen (secondary N) is 1. The number of ether oxygens (including phenoxy) is 2. The van der Waals surface area contributed by atoms with E-state index < -0.39 is 6.04 Å². The zero-order valence-corrected chi connectivity index (χ0v) is 23.4. The predicted octanol–water partition coefficient (Wildman–Crippen LogP) is 5.63. The molecule has 1 aliphatic heterocycles. The van der Waals surface area contributed by atoms with Crippen LogP contribution in [0.4, 0.5) is 5.69 Å². The number of anilines is 1. The van der Waals surface area contributed by atoms with Gasteiger partial charge in [-0.2, -0.15) is 0 Å². The molecule has 0 spiro atoms. The minimum atomic E-state index is -0.888. The SMILES string of the molecule is Cc1ccc(CN(C(=O)CSc2nc(C)cc(C)n2)[C@@H](C(=O)Nc2ccc3c(c2)OCO3)c2ccccc2)cc1. The molecular formula is C31H30N4O4S. The maximum Gasteiger partial charge on any atom is 0.251 e. The minimum Gasteiger partial charge on any atom is -0.454 e. The Balaban J connectivity index is 1.46. The molecule has 8 nitrogen and oxygen atoms in total. The molecule has 5 rings (SSSR count). The number of hydrogen-bond donors (Lipinski definition) is 1. The van der Waals surface area contributed by atoms with Crippen molar-refractivity contribution in [2.75, 3.05) is 17.9 Å². The van der Waals surface area contributed by atoms with Gasteiger partial charge in [-0.1, -0.05) is 71.9 Å². The van der Waals surface area contributed by atoms with Crippen LogP contribution in [-0.4, -0.2) is 39.2 Å². The standard InChI is InChI=1S/C31H30N4O4S/c1-20-9-11-23(12-10-20)17-35(28(36)18-40-31-32-21(2)15-22(3)33-31)29(24-7-5-4-6-8-24)30(37)34-25-13-14-26-27(16-25)39-19-38-26/h4-16,29H,17-19H2,1-3H3,(H,34,37)/t29-/m1/s1. The Labute approximate surface area is 237 Å². The van der Waals surface area contributed by atoms with E-state index in [4.69, 9.17) is 9.47 Å². The third-order valence-electron chi connectivity index (χ3n) is 6.40. The fourth-order valence-corrected chi connectivity index (χ4v) is 5.31. The van der Waals surface area contributed by atoms with Gasteiger partial charge >= 0.3 is 0 Å². The zero-order valence-electron chi connectivity index (χ0n) is 22.6. The van der Waals surface area contributed by atoms with Gasteiger partial charge in [0.15, 0.2) is 16.7 Å². The molecule has 1 aromatic heterocycles. The Kier molecular flexibility index (Phi) is 8.31. The van der Waals surface area contributed by atoms with E-state index >= 15 is 0 Å². The Morgan fingerprint density at radius 2 is 1.60 bits per heavy atom. The molecule has 40 heavy (non-hydrogen) atoms. The molecule has 9 heteroatoms. The summed E-state index contributed by atoms with van der Waals surface area (Å²) < 4.78 is 10.9. The average molecular weight is 555 g/mol. The number of aryl methyl sites for hydroxylation is 3. The van der Waals surface area contributed by atoms with E-state index in [0.29, 0.717) is 27.9 Å². The molecule has 0 radical (unpaired) electrons. The van der Waals surface area contributed by atoms with Crippen molar-refractivity contribution >= 4 is 29.3 Å². The van der Waals surface area contributed by atoms with Crippen LogP contribution < -0.4 is 14.8 Å². The van der Waals surface area contributed by atoms with Crippen LogP contribution in [0.15, 0.2) is 84.0 Å². The van der Waals surface area contributed by atoms with Gasteiger partial charge in [-0.25, -0.2) is 9.97 Å². The third kappa shape index (κ3) is 6.60. The van der Waals surface area contributed by atoms with Crippen LogP contribution >= 0.6 is 11.8 Å². The number of nitrogens with zero attached hydrogens (tertiary/aromatic N) is 3. The van der Waals surface area contributed by atoms with Gasteiger partial charge in [0.2, 0.25) is 12.7 Å². The smallest absolute Gasteiger partial charge is 0.251 e. The molecule has 0 aliphatic carbocycles. The second-order valence-corrected chi connectivity index (χ2v) is 10.5. The highest BCUT2D eigenvalue weighted by Crippen LogP contribution is 2.35. The number of benzene rings is 3. The van der Waals surface area contributed by atoms with E-state index in [1.165, 1.54) is 11.8 Å². The number of fused-ring (bicyclic) bond motifs is 1. The first-order valence-corrected chi connectivity index (χ1v) is 13.9. The van der Waals surface area contributed by atoms with E-state index in [2.05, 4.69) is 15.3 Å². The van der Waals surface area contributed by atoms with E-state index in [9.17, 15) is 9.59 Å². The number of hydrogen-bond acceptors (Lipinski definition) is 7. The van der Waals surface area contributed by atoms with Crippen LogP contribution in [-0.2, 0) is 16.1 Å². The molecule has 1 N–H and O–H groups in total. The van der Waals surface area contributed by atoms with Crippen molar-refractivity contribution in [2.45, 2.75) is 38.5 Å². The number of aromatic nitrogens is 2. The molecule has 1 aliphatic rings. The van der Waals surface area contributed by atoms with Crippen molar-refractivity contribution < 1.29 is 19.1 Å². The van der Waals surface area contributed by atoms with Crippen LogP contribution in [0, 0.1) is 20.8 Å². The normalized spacial score (nSPS) is 12.6. The molecule has 1 atom stereocenters. The van der Waals surface area contributed by atoms with Crippen LogP contribution in [0.25, 0.3) is 0 Å². The highest BCUT2D eigenvalue weighted by Gasteiger charge is 2.32. The number of rotatable bonds is 9. The fraction of sp³-hybridized carbons (Fsp3) is 0.226. The van der Waals surface area contributed by atoms with Gasteiger partial charge in [0, 0.05) is 29.7 Å². The van der Waals surface area contributed by atoms with Gasteiger partial charge in [0.25, 0.3) is 5.91 Å². The van der Waals surface area contributed by atoms with E-state index in [0.717, 1.165) is 22.5 Å². The molecule has 0 unspecified atom stereocenters. The number of carbonyl (C=O) groups excluding carboxylic acids is 2. The predicted molar refractivity (Wildman–Crippen MR) is 154 cm³/mol. The maximum atomic E-state index is 14.0. The number of amides is 2. The molecule has 204 valence electrons. The van der Waals surface area contributed by atoms with E-state index in [1.54, 1.807) is 23.1 Å². The molecular weight excluding hydrogens is 524 g/mol. The topological polar surface area (TPSA) is 93.7 Å². The quantitative estimate of drug-likeness (QED) is 0.212. The summed E-state index contributed by atoms with van der Waals surface area (Å²) in [5.41, 5.74) is 4.96. The lowest BCUT2D eigenvalue weighted by Crippen LogP contribution is -2.41. The molecule has 0 bridgehead atoms. The largest absolute Gasteiger partial charge is 0.454 e. The van der Waals surface area contributed by atoms with Crippen molar-refractivity contribution in [1.29, 1.82) is 0 Å². The van der Waals surface area contributed by atoms with Gasteiger partial charge < -0.3 is 19.7 Å². The Hall–Kier alpha value is -4.37. The van der Waals surface area contributed by atoms with E-state index in [-0.39, 0.29) is 30.9 Å². The highest BCUT2D eigenvalue weighted by molar-refractivity contribution is 7.99. The second kappa shape index (κ2) is 12.2. The molecule has 4 aromatic rings. The summed E-state index contributed by atoms with van der Waals surface area (Å²) in [5.74, 6) is 0.724. The van der Waals surface area contributed by atoms with Gasteiger partial charge in [0.05, 0.1) is 5.75 Å². The molecule has 0 saturated carbocycles. The first-order chi connectivity index (χ1) is 19.4. The summed E-state index contributed by atoms with van der Waals surface area (Å²) in [7, 11) is 0. The van der Waals surface area contributed by atoms with Gasteiger partial charge in [-0.15, -0.1) is 0 Å². The summed E-state index contributed by atoms with van der Waals surface area (Å²) >= 11 is 1.26. The molecule has 0 saturated heterocycles. The zero-order chi connectivity index (χ0) is 28.1. The molecule has 2 heterocycles. The number of carbonyl (C=O) groups is 2. The lowest BCUT2D eigenvalue weighted by Gasteiger charge is -2.31. The van der Waals surface area contributed by atoms with Crippen LogP contribution in [0.5, 0.6) is 11.5 Å². The van der Waals surface area contributed by atoms with Gasteiger partial charge in [-0.05, 0) is 50.1 Å². The summed E-state index contributed by atoms with van der Waals surface area (Å²) in [5, 5.41) is 3.52. The van der Waals surface area contributed by atoms with Crippen molar-refractivity contribution in [2.24, 2.45) is 0 Å². The lowest BCUT2D eigenvalue weighted by atomic mass is 10.0. The van der Waals surface area contributed by atoms with Crippen molar-refractivity contribution in [3.63, 3.8) is 0 Å². The highest BCUT2D eigenvalue weighted by atomic mass is 32.2. The van der Waals surface area contributed by atoms with Gasteiger partial charge in [-0.3, -0.25) is 9.59 Å². The van der Waals surface area contributed by atoms with Gasteiger partial charge in [0.1, 0.15) is 6.04 Å². The minimum absolute atomic E-state index is 0.0788. The third-order valence-corrected chi connectivity index (χ3v) is 7.23. The molecule has 0 fully saturated rings. The van der Waals surface area contributed by atoms with Crippen molar-refractivity contribution in [1.82, 2.24) is 14.9 Å². The molecule has 3 aromatic carbocycles. The summed E-state index contributed by atoms with van der Waals surface area (Å²) in [4.78, 5) is 38.4. The Bertz CT molecular complexity index is 1490. The first kappa shape index (κ1) is 27.2. The average Bonchev–Trinajstić information content (AvgIpc) is 3.41.